The maximum Gasteiger partial charge on any atom is 0.419 e. The Labute approximate surface area is 193 Å². The van der Waals surface area contributed by atoms with E-state index in [1.807, 2.05) is 0 Å². The molecule has 12 heteroatoms. The van der Waals surface area contributed by atoms with Crippen molar-refractivity contribution in [2.45, 2.75) is 38.1 Å². The highest BCUT2D eigenvalue weighted by molar-refractivity contribution is 6.31. The number of anilines is 1. The predicted octanol–water partition coefficient (Wildman–Crippen LogP) is 5.97. The van der Waals surface area contributed by atoms with Gasteiger partial charge in [0.15, 0.2) is 28.8 Å². The lowest BCUT2D eigenvalue weighted by Gasteiger charge is -2.44. The fraction of sp³-hybridized carbons (Fsp3) is 0.273. The van der Waals surface area contributed by atoms with Gasteiger partial charge in [0.1, 0.15) is 11.3 Å². The first-order chi connectivity index (χ1) is 15.8. The van der Waals surface area contributed by atoms with Crippen molar-refractivity contribution in [1.82, 2.24) is 9.97 Å². The maximum atomic E-state index is 14.3. The molecule has 3 N–H and O–H groups in total. The molecule has 1 heterocycles. The summed E-state index contributed by atoms with van der Waals surface area (Å²) in [6.45, 7) is 2.77. The van der Waals surface area contributed by atoms with E-state index in [2.05, 4.69) is 15.3 Å². The van der Waals surface area contributed by atoms with Crippen molar-refractivity contribution in [1.29, 1.82) is 0 Å². The molecule has 0 radical (unpaired) electrons. The predicted molar refractivity (Wildman–Crippen MR) is 113 cm³/mol. The molecule has 4 rings (SSSR count). The highest BCUT2D eigenvalue weighted by atomic mass is 35.5. The molecule has 1 aromatic heterocycles. The summed E-state index contributed by atoms with van der Waals surface area (Å²) in [6.07, 6.45) is -4.02. The first-order valence-corrected chi connectivity index (χ1v) is 10.2. The summed E-state index contributed by atoms with van der Waals surface area (Å²) in [6, 6.07) is -0.668. The Hall–Kier alpha value is -3.05. The average molecular weight is 504 g/mol. The molecule has 0 fully saturated rings. The zero-order valence-electron chi connectivity index (χ0n) is 17.5. The van der Waals surface area contributed by atoms with E-state index < -0.39 is 63.5 Å². The van der Waals surface area contributed by atoms with E-state index in [0.717, 1.165) is 12.3 Å². The number of nitrogens with one attached hydrogen (secondary N) is 1. The van der Waals surface area contributed by atoms with Crippen molar-refractivity contribution in [2.24, 2.45) is 0 Å². The second-order valence-electron chi connectivity index (χ2n) is 7.87. The summed E-state index contributed by atoms with van der Waals surface area (Å²) < 4.78 is 85.7. The lowest BCUT2D eigenvalue weighted by Crippen LogP contribution is -2.54. The van der Waals surface area contributed by atoms with Gasteiger partial charge >= 0.3 is 6.18 Å². The van der Waals surface area contributed by atoms with Gasteiger partial charge in [-0.1, -0.05) is 17.7 Å². The lowest BCUT2D eigenvalue weighted by molar-refractivity contribution is -0.265. The SMILES string of the molecule is CC=C1C[C@@](O)(C(F)(F)F)[C@@H](Nc2cc(F)c(F)c3nc(C)ncc23)c2cc(Cl)c(F)c(O)c21. The van der Waals surface area contributed by atoms with Gasteiger partial charge in [-0.25, -0.2) is 23.1 Å². The first kappa shape index (κ1) is 24.1. The van der Waals surface area contributed by atoms with Crippen LogP contribution in [-0.4, -0.2) is 32.0 Å². The van der Waals surface area contributed by atoms with Gasteiger partial charge in [-0.2, -0.15) is 13.2 Å². The normalized spacial score (nSPS) is 21.7. The van der Waals surface area contributed by atoms with Gasteiger partial charge in [0.25, 0.3) is 0 Å². The molecular weight excluding hydrogens is 488 g/mol. The molecule has 0 saturated carbocycles. The molecule has 0 aliphatic heterocycles. The molecule has 34 heavy (non-hydrogen) atoms. The van der Waals surface area contributed by atoms with Gasteiger partial charge in [-0.3, -0.25) is 0 Å². The Morgan fingerprint density at radius 1 is 1.21 bits per heavy atom. The van der Waals surface area contributed by atoms with Crippen LogP contribution in [0.2, 0.25) is 5.02 Å². The van der Waals surface area contributed by atoms with Crippen LogP contribution in [0.4, 0.5) is 32.0 Å². The Morgan fingerprint density at radius 3 is 2.50 bits per heavy atom. The minimum atomic E-state index is -5.24. The van der Waals surface area contributed by atoms with Crippen LogP contribution in [0, 0.1) is 24.4 Å². The molecule has 1 aliphatic carbocycles. The van der Waals surface area contributed by atoms with E-state index >= 15 is 0 Å². The van der Waals surface area contributed by atoms with Crippen molar-refractivity contribution in [3.63, 3.8) is 0 Å². The Bertz CT molecular complexity index is 1360. The van der Waals surface area contributed by atoms with Crippen molar-refractivity contribution in [3.05, 3.63) is 63.8 Å². The van der Waals surface area contributed by atoms with Crippen LogP contribution >= 0.6 is 11.6 Å². The second kappa shape index (κ2) is 8.02. The van der Waals surface area contributed by atoms with Crippen LogP contribution in [0.15, 0.2) is 24.4 Å². The van der Waals surface area contributed by atoms with Crippen molar-refractivity contribution >= 4 is 33.8 Å². The number of benzene rings is 2. The van der Waals surface area contributed by atoms with Gasteiger partial charge in [0, 0.05) is 35.3 Å². The third-order valence-corrected chi connectivity index (χ3v) is 6.10. The second-order valence-corrected chi connectivity index (χ2v) is 8.28. The van der Waals surface area contributed by atoms with Crippen LogP contribution in [0.5, 0.6) is 5.75 Å². The summed E-state index contributed by atoms with van der Waals surface area (Å²) in [4.78, 5) is 7.70. The third-order valence-electron chi connectivity index (χ3n) is 5.82. The maximum absolute atomic E-state index is 14.3. The van der Waals surface area contributed by atoms with E-state index in [0.29, 0.717) is 6.07 Å². The Balaban J connectivity index is 2.02. The fourth-order valence-corrected chi connectivity index (χ4v) is 4.34. The molecule has 0 saturated heterocycles. The van der Waals surface area contributed by atoms with E-state index in [4.69, 9.17) is 11.6 Å². The van der Waals surface area contributed by atoms with Gasteiger partial charge < -0.3 is 15.5 Å². The van der Waals surface area contributed by atoms with Crippen molar-refractivity contribution in [3.8, 4) is 5.75 Å². The molecule has 0 amide bonds. The highest BCUT2D eigenvalue weighted by Crippen LogP contribution is 2.55. The van der Waals surface area contributed by atoms with E-state index in [1.54, 1.807) is 0 Å². The molecule has 0 spiro atoms. The molecule has 5 nitrogen and oxygen atoms in total. The number of nitrogens with zero attached hydrogens (tertiary/aromatic N) is 2. The zero-order valence-corrected chi connectivity index (χ0v) is 18.3. The number of aromatic nitrogens is 2. The molecule has 0 bridgehead atoms. The molecule has 0 unspecified atom stereocenters. The summed E-state index contributed by atoms with van der Waals surface area (Å²) >= 11 is 5.80. The monoisotopic (exact) mass is 503 g/mol. The van der Waals surface area contributed by atoms with Crippen LogP contribution in [0.25, 0.3) is 16.5 Å². The number of aryl methyl sites for hydroxylation is 1. The number of alkyl halides is 3. The van der Waals surface area contributed by atoms with Crippen molar-refractivity contribution in [2.75, 3.05) is 5.32 Å². The summed E-state index contributed by atoms with van der Waals surface area (Å²) in [5.41, 5.74) is -5.23. The number of aliphatic hydroxyl groups is 1. The number of fused-ring (bicyclic) bond motifs is 2. The molecule has 2 aromatic carbocycles. The quantitative estimate of drug-likeness (QED) is 0.376. The molecular formula is C22H16ClF6N3O2. The summed E-state index contributed by atoms with van der Waals surface area (Å²) in [5, 5.41) is 22.8. The number of hydrogen-bond acceptors (Lipinski definition) is 5. The minimum absolute atomic E-state index is 0.0858. The highest BCUT2D eigenvalue weighted by Gasteiger charge is 2.62. The smallest absolute Gasteiger partial charge is 0.419 e. The molecule has 180 valence electrons. The standard InChI is InChI=1S/C22H16ClF6N3O2/c1-3-9-6-21(34,22(27,28)29)20(10-4-12(23)16(25)19(33)15(9)10)32-14-5-13(24)17(26)18-11(14)7-30-8(2)31-18/h3-5,7,20,32-34H,6H2,1-2H3/t20-,21-/m0/s1. The summed E-state index contributed by atoms with van der Waals surface area (Å²) in [5.74, 6) is -4.91. The van der Waals surface area contributed by atoms with E-state index in [1.165, 1.54) is 19.9 Å². The zero-order chi connectivity index (χ0) is 25.2. The van der Waals surface area contributed by atoms with Crippen LogP contribution in [0.3, 0.4) is 0 Å². The molecule has 2 atom stereocenters. The number of rotatable bonds is 2. The lowest BCUT2D eigenvalue weighted by atomic mass is 9.72. The minimum Gasteiger partial charge on any atom is -0.504 e. The van der Waals surface area contributed by atoms with Gasteiger partial charge in [0.2, 0.25) is 0 Å². The summed E-state index contributed by atoms with van der Waals surface area (Å²) in [7, 11) is 0. The molecule has 1 aliphatic rings. The van der Waals surface area contributed by atoms with Gasteiger partial charge in [0.05, 0.1) is 11.1 Å². The van der Waals surface area contributed by atoms with Crippen LogP contribution < -0.4 is 5.32 Å². The first-order valence-electron chi connectivity index (χ1n) is 9.83. The Morgan fingerprint density at radius 2 is 1.88 bits per heavy atom. The van der Waals surface area contributed by atoms with Gasteiger partial charge in [-0.15, -0.1) is 0 Å². The number of aromatic hydroxyl groups is 1. The van der Waals surface area contributed by atoms with E-state index in [-0.39, 0.29) is 28.0 Å². The number of allylic oxidation sites excluding steroid dienone is 1. The number of hydrogen-bond donors (Lipinski definition) is 3. The molecule has 3 aromatic rings. The number of phenolic OH excluding ortho intramolecular Hbond substituents is 1. The number of halogens is 7. The van der Waals surface area contributed by atoms with Crippen LogP contribution in [0.1, 0.15) is 36.3 Å². The van der Waals surface area contributed by atoms with Crippen LogP contribution in [-0.2, 0) is 0 Å². The average Bonchev–Trinajstić information content (AvgIpc) is 2.76. The largest absolute Gasteiger partial charge is 0.504 e. The third kappa shape index (κ3) is 3.54. The number of phenols is 1. The van der Waals surface area contributed by atoms with Gasteiger partial charge in [-0.05, 0) is 31.1 Å². The topological polar surface area (TPSA) is 78.3 Å². The Kier molecular flexibility index (Phi) is 5.68. The van der Waals surface area contributed by atoms with Crippen molar-refractivity contribution < 1.29 is 36.6 Å². The fourth-order valence-electron chi connectivity index (χ4n) is 4.13. The van der Waals surface area contributed by atoms with E-state index in [9.17, 15) is 36.6 Å².